The molecule has 0 aliphatic carbocycles. The summed E-state index contributed by atoms with van der Waals surface area (Å²) in [6, 6.07) is 21.0. The van der Waals surface area contributed by atoms with Crippen molar-refractivity contribution in [2.45, 2.75) is 149 Å². The lowest BCUT2D eigenvalue weighted by atomic mass is 10.0. The lowest BCUT2D eigenvalue weighted by Gasteiger charge is -2.24. The predicted molar refractivity (Wildman–Crippen MR) is 374 cm³/mol. The molecule has 9 aromatic heterocycles. The molecule has 31 heteroatoms. The smallest absolute Gasteiger partial charge is 0.410 e. The zero-order chi connectivity index (χ0) is 73.8. The largest absolute Gasteiger partial charge is 0.444 e. The van der Waals surface area contributed by atoms with Gasteiger partial charge in [-0.1, -0.05) is 41.5 Å². The molecule has 104 heavy (non-hydrogen) atoms. The molecular formula is C73H79F6N21O4. The van der Waals surface area contributed by atoms with Crippen molar-refractivity contribution in [3.05, 3.63) is 162 Å². The van der Waals surface area contributed by atoms with Gasteiger partial charge in [-0.25, -0.2) is 35.9 Å². The van der Waals surface area contributed by atoms with Gasteiger partial charge in [0.05, 0.1) is 47.1 Å². The Morgan fingerprint density at radius 2 is 0.856 bits per heavy atom. The zero-order valence-corrected chi connectivity index (χ0v) is 59.6. The summed E-state index contributed by atoms with van der Waals surface area (Å²) < 4.78 is 107. The predicted octanol–water partition coefficient (Wildman–Crippen LogP) is 14.1. The van der Waals surface area contributed by atoms with Crippen LogP contribution in [0.15, 0.2) is 110 Å². The lowest BCUT2D eigenvalue weighted by Crippen LogP contribution is -2.35. The van der Waals surface area contributed by atoms with Gasteiger partial charge < -0.3 is 24.6 Å². The van der Waals surface area contributed by atoms with Gasteiger partial charge in [0, 0.05) is 114 Å². The zero-order valence-electron chi connectivity index (χ0n) is 59.6. The summed E-state index contributed by atoms with van der Waals surface area (Å²) in [6.45, 7) is 26.4. The molecule has 0 radical (unpaired) electrons. The van der Waals surface area contributed by atoms with Gasteiger partial charge in [0.1, 0.15) is 57.5 Å². The molecule has 3 fully saturated rings. The first-order valence-corrected chi connectivity index (χ1v) is 34.5. The van der Waals surface area contributed by atoms with Crippen LogP contribution in [0.1, 0.15) is 156 Å². The maximum Gasteiger partial charge on any atom is 0.410 e. The number of carbonyl (C=O) groups is 2. The van der Waals surface area contributed by atoms with E-state index in [1.807, 2.05) is 106 Å². The van der Waals surface area contributed by atoms with E-state index >= 15 is 4.39 Å². The summed E-state index contributed by atoms with van der Waals surface area (Å²) in [7, 11) is 0. The van der Waals surface area contributed by atoms with Gasteiger partial charge in [0.2, 0.25) is 0 Å². The molecule has 3 unspecified atom stereocenters. The fraction of sp³-hybridized carbons (Fsp3) is 0.397. The normalized spacial score (nSPS) is 16.4. The molecule has 3 atom stereocenters. The van der Waals surface area contributed by atoms with Crippen molar-refractivity contribution in [3.63, 3.8) is 0 Å². The first-order valence-electron chi connectivity index (χ1n) is 34.5. The number of hydrogen-bond acceptors (Lipinski definition) is 17. The maximum atomic E-state index is 15.1. The first kappa shape index (κ1) is 71.4. The molecule has 12 aromatic rings. The van der Waals surface area contributed by atoms with Crippen molar-refractivity contribution in [2.75, 3.05) is 39.3 Å². The van der Waals surface area contributed by atoms with Crippen LogP contribution in [0.2, 0.25) is 0 Å². The van der Waals surface area contributed by atoms with E-state index in [0.717, 1.165) is 43.5 Å². The minimum atomic E-state index is -0.721. The Morgan fingerprint density at radius 1 is 0.462 bits per heavy atom. The third-order valence-electron chi connectivity index (χ3n) is 17.8. The number of halogens is 6. The molecule has 12 heterocycles. The van der Waals surface area contributed by atoms with E-state index < -0.39 is 52.2 Å². The summed E-state index contributed by atoms with van der Waals surface area (Å²) in [5.74, 6) is -1.59. The highest BCUT2D eigenvalue weighted by atomic mass is 19.2. The van der Waals surface area contributed by atoms with Crippen molar-refractivity contribution in [3.8, 4) is 67.5 Å². The van der Waals surface area contributed by atoms with Gasteiger partial charge in [-0.15, -0.1) is 30.6 Å². The number of hydrogen-bond donors (Lipinski definition) is 1. The Balaban J connectivity index is 0.000000139. The van der Waals surface area contributed by atoms with Gasteiger partial charge >= 0.3 is 12.2 Å². The summed E-state index contributed by atoms with van der Waals surface area (Å²) in [5.41, 5.74) is 5.99. The highest BCUT2D eigenvalue weighted by molar-refractivity contribution is 5.82. The van der Waals surface area contributed by atoms with Gasteiger partial charge in [-0.2, -0.15) is 44.1 Å². The summed E-state index contributed by atoms with van der Waals surface area (Å²) >= 11 is 0. The Labute approximate surface area is 594 Å². The number of benzene rings is 3. The number of carbonyl (C=O) groups excluding carboxylic acids is 2. The molecule has 3 aliphatic rings. The fourth-order valence-electron chi connectivity index (χ4n) is 12.7. The molecule has 542 valence electrons. The van der Waals surface area contributed by atoms with E-state index in [1.165, 1.54) is 36.4 Å². The lowest BCUT2D eigenvalue weighted by molar-refractivity contribution is 0.0278. The molecule has 0 saturated carbocycles. The Kier molecular flexibility index (Phi) is 19.7. The second-order valence-electron chi connectivity index (χ2n) is 29.0. The van der Waals surface area contributed by atoms with Gasteiger partial charge in [0.25, 0.3) is 0 Å². The summed E-state index contributed by atoms with van der Waals surface area (Å²) in [6.07, 6.45) is 6.72. The third-order valence-corrected chi connectivity index (χ3v) is 17.8. The highest BCUT2D eigenvalue weighted by Crippen LogP contribution is 2.40. The van der Waals surface area contributed by atoms with Crippen LogP contribution in [-0.4, -0.2) is 161 Å². The van der Waals surface area contributed by atoms with Crippen LogP contribution in [0.25, 0.3) is 84.5 Å². The van der Waals surface area contributed by atoms with Gasteiger partial charge in [-0.05, 0) is 140 Å². The van der Waals surface area contributed by atoms with E-state index in [-0.39, 0.29) is 58.7 Å². The summed E-state index contributed by atoms with van der Waals surface area (Å²) in [4.78, 5) is 28.5. The van der Waals surface area contributed by atoms with Crippen molar-refractivity contribution >= 4 is 29.1 Å². The number of nitrogens with zero attached hydrogens (tertiary/aromatic N) is 20. The van der Waals surface area contributed by atoms with E-state index in [4.69, 9.17) is 29.9 Å². The van der Waals surface area contributed by atoms with Crippen LogP contribution >= 0.6 is 0 Å². The van der Waals surface area contributed by atoms with Crippen LogP contribution in [0.3, 0.4) is 0 Å². The minimum absolute atomic E-state index is 0.0896. The van der Waals surface area contributed by atoms with Crippen LogP contribution in [0, 0.1) is 34.9 Å². The van der Waals surface area contributed by atoms with Crippen LogP contribution in [0.4, 0.5) is 35.9 Å². The molecular weight excluding hydrogens is 1350 g/mol. The average molecular weight is 1430 g/mol. The van der Waals surface area contributed by atoms with Crippen molar-refractivity contribution in [2.24, 2.45) is 0 Å². The van der Waals surface area contributed by atoms with Gasteiger partial charge in [-0.3, -0.25) is 14.0 Å². The topological polar surface area (TPSA) is 254 Å². The number of amides is 2. The molecule has 1 N–H and O–H groups in total. The van der Waals surface area contributed by atoms with Gasteiger partial charge in [0.15, 0.2) is 34.4 Å². The molecule has 3 aliphatic heterocycles. The van der Waals surface area contributed by atoms with Crippen molar-refractivity contribution in [1.29, 1.82) is 0 Å². The molecule has 0 bridgehead atoms. The molecule has 25 nitrogen and oxygen atoms in total. The molecule has 15 rings (SSSR count). The second-order valence-corrected chi connectivity index (χ2v) is 29.0. The maximum absolute atomic E-state index is 15.1. The third kappa shape index (κ3) is 15.0. The first-order chi connectivity index (χ1) is 49.5. The average Bonchev–Trinajstić information content (AvgIpc) is 1.61. The molecule has 3 aromatic carbocycles. The number of ether oxygens (including phenoxy) is 2. The van der Waals surface area contributed by atoms with Crippen LogP contribution < -0.4 is 5.32 Å². The van der Waals surface area contributed by atoms with Crippen molar-refractivity contribution in [1.82, 2.24) is 104 Å². The summed E-state index contributed by atoms with van der Waals surface area (Å²) in [5, 5.41) is 56.7. The Hall–Kier alpha value is -11.0. The number of nitrogens with one attached hydrogen (secondary N) is 1. The SMILES string of the molecule is CC(C)c1nnc2ccc(-c3cn(C4CCN(C(=O)OC(C)(C)C)C4)nc3-c3ccc(F)cc3F)nn12.CC(C)c1nnc2ccc(-c3cn(C4CCNC4)nc3-c3ccc(F)cc3F)nn12.CC(C)c1nnc2ccc(-c3cnn(C4CCN(C(=O)OC(C)(C)C)C4)c3-c3ccc(F)cc3F)nn12. The number of fused-ring (bicyclic) bond motifs is 3. The quantitative estimate of drug-likeness (QED) is 0.112. The van der Waals surface area contributed by atoms with E-state index in [0.29, 0.717) is 118 Å². The molecule has 2 amide bonds. The van der Waals surface area contributed by atoms with E-state index in [2.05, 4.69) is 46.1 Å². The van der Waals surface area contributed by atoms with Crippen LogP contribution in [-0.2, 0) is 9.47 Å². The standard InChI is InChI=1S/2C26H29F2N7O2.C21H21F2N7/c1-15(2)24-31-30-22-9-8-21(32-35(22)24)19-13-29-34(23(19)18-7-6-16(27)12-20(18)28)17-10-11-33(14-17)25(36)37-26(3,4)5;1-15(2)24-30-29-22-9-8-21(31-35(22)24)19-14-34(32-23(19)18-7-6-16(27)12-20(18)28)17-10-11-33(13-17)25(36)37-26(3,4)5;1-12(2)21-26-25-19-6-5-18(27-30(19)21)16-11-29(14-7-8-24-10-14)28-20(16)15-4-3-13(22)9-17(15)23/h6-9,12-13,15,17H,10-11,14H2,1-5H3;6-9,12,14-15,17H,10-11,13H2,1-5H3;3-6,9,11-12,14,24H,7-8,10H2,1-2H3. The van der Waals surface area contributed by atoms with E-state index in [9.17, 15) is 31.5 Å². The monoisotopic (exact) mass is 1430 g/mol. The Bertz CT molecular complexity index is 5090. The molecule has 3 saturated heterocycles. The minimum Gasteiger partial charge on any atom is -0.444 e. The number of aromatic nitrogens is 18. The van der Waals surface area contributed by atoms with E-state index in [1.54, 1.807) is 69.4 Å². The Morgan fingerprint density at radius 3 is 1.25 bits per heavy atom. The fourth-order valence-corrected chi connectivity index (χ4v) is 12.7. The number of likely N-dealkylation sites (tertiary alicyclic amines) is 2. The highest BCUT2D eigenvalue weighted by Gasteiger charge is 2.36. The second kappa shape index (κ2) is 28.7. The molecule has 0 spiro atoms. The van der Waals surface area contributed by atoms with Crippen LogP contribution in [0.5, 0.6) is 0 Å². The number of rotatable bonds is 12. The van der Waals surface area contributed by atoms with Crippen molar-refractivity contribution < 1.29 is 45.4 Å².